The van der Waals surface area contributed by atoms with Crippen LogP contribution in [0.4, 0.5) is 5.13 Å². The molecule has 1 aliphatic heterocycles. The summed E-state index contributed by atoms with van der Waals surface area (Å²) in [4.78, 5) is 18.5. The molecule has 112 valence electrons. The molecule has 6 nitrogen and oxygen atoms in total. The van der Waals surface area contributed by atoms with E-state index in [1.54, 1.807) is 25.5 Å². The van der Waals surface area contributed by atoms with Crippen molar-refractivity contribution in [1.29, 1.82) is 0 Å². The van der Waals surface area contributed by atoms with Gasteiger partial charge in [0.25, 0.3) is 5.91 Å². The molecule has 1 aromatic heterocycles. The van der Waals surface area contributed by atoms with Crippen molar-refractivity contribution in [2.45, 2.75) is 6.10 Å². The van der Waals surface area contributed by atoms with Crippen LogP contribution >= 0.6 is 11.3 Å². The Morgan fingerprint density at radius 3 is 3.19 bits per heavy atom. The third-order valence-electron chi connectivity index (χ3n) is 3.47. The summed E-state index contributed by atoms with van der Waals surface area (Å²) < 4.78 is 11.9. The topological polar surface area (TPSA) is 63.7 Å². The van der Waals surface area contributed by atoms with E-state index in [4.69, 9.17) is 9.47 Å². The fourth-order valence-corrected chi connectivity index (χ4v) is 3.37. The number of carbonyl (C=O) groups is 1. The summed E-state index contributed by atoms with van der Waals surface area (Å²) in [5.74, 6) is 0.671. The third-order valence-corrected chi connectivity index (χ3v) is 4.55. The van der Waals surface area contributed by atoms with Gasteiger partial charge >= 0.3 is 0 Å². The van der Waals surface area contributed by atoms with Crippen LogP contribution in [0, 0.1) is 0 Å². The predicted molar refractivity (Wildman–Crippen MR) is 82.2 cm³/mol. The molecule has 21 heavy (non-hydrogen) atoms. The molecule has 0 bridgehead atoms. The zero-order valence-electron chi connectivity index (χ0n) is 12.0. The first-order valence-electron chi connectivity index (χ1n) is 6.74. The van der Waals surface area contributed by atoms with Gasteiger partial charge in [0, 0.05) is 13.6 Å². The van der Waals surface area contributed by atoms with Crippen LogP contribution in [-0.4, -0.2) is 50.8 Å². The Morgan fingerprint density at radius 2 is 2.43 bits per heavy atom. The Bertz CT molecular complexity index is 658. The lowest BCUT2D eigenvalue weighted by Crippen LogP contribution is -2.49. The number of anilines is 1. The molecular formula is C14H17N3O3S. The number of morpholine rings is 1. The smallest absolute Gasteiger partial charge is 0.250 e. The number of benzene rings is 1. The molecule has 1 aromatic carbocycles. The number of hydrogen-bond donors (Lipinski definition) is 1. The quantitative estimate of drug-likeness (QED) is 0.925. The number of fused-ring (bicyclic) bond motifs is 1. The minimum Gasteiger partial charge on any atom is -0.494 e. The van der Waals surface area contributed by atoms with Crippen LogP contribution in [0.3, 0.4) is 0 Å². The second kappa shape index (κ2) is 5.87. The second-order valence-corrected chi connectivity index (χ2v) is 5.73. The molecule has 1 saturated heterocycles. The average Bonchev–Trinajstić information content (AvgIpc) is 2.98. The Balaban J connectivity index is 1.88. The van der Waals surface area contributed by atoms with Crippen molar-refractivity contribution in [2.75, 3.05) is 38.8 Å². The molecule has 1 atom stereocenters. The van der Waals surface area contributed by atoms with Gasteiger partial charge in [0.05, 0.1) is 25.0 Å². The lowest BCUT2D eigenvalue weighted by atomic mass is 10.2. The van der Waals surface area contributed by atoms with Crippen LogP contribution in [-0.2, 0) is 9.53 Å². The van der Waals surface area contributed by atoms with E-state index in [1.165, 1.54) is 0 Å². The summed E-state index contributed by atoms with van der Waals surface area (Å²) in [6, 6.07) is 5.88. The van der Waals surface area contributed by atoms with E-state index < -0.39 is 6.10 Å². The lowest BCUT2D eigenvalue weighted by Gasteiger charge is -2.31. The fraction of sp³-hybridized carbons (Fsp3) is 0.429. The molecule has 0 spiro atoms. The van der Waals surface area contributed by atoms with Gasteiger partial charge in [-0.2, -0.15) is 0 Å². The standard InChI is InChI=1S/C14H17N3O3S/c1-15-13(18)10-8-17(6-7-20-10)14-16-12-9(19-2)4-3-5-11(12)21-14/h3-5,10H,6-8H2,1-2H3,(H,15,18). The Labute approximate surface area is 126 Å². The predicted octanol–water partition coefficient (Wildman–Crippen LogP) is 1.26. The molecule has 0 aliphatic carbocycles. The number of para-hydroxylation sites is 1. The van der Waals surface area contributed by atoms with Crippen LogP contribution in [0.5, 0.6) is 5.75 Å². The minimum atomic E-state index is -0.447. The zero-order chi connectivity index (χ0) is 14.8. The first-order valence-corrected chi connectivity index (χ1v) is 7.56. The third kappa shape index (κ3) is 2.66. The van der Waals surface area contributed by atoms with Crippen molar-refractivity contribution >= 4 is 32.6 Å². The first kappa shape index (κ1) is 14.1. The van der Waals surface area contributed by atoms with Gasteiger partial charge < -0.3 is 19.7 Å². The number of nitrogens with one attached hydrogen (secondary N) is 1. The van der Waals surface area contributed by atoms with Crippen LogP contribution in [0.15, 0.2) is 18.2 Å². The second-order valence-electron chi connectivity index (χ2n) is 4.72. The number of nitrogens with zero attached hydrogens (tertiary/aromatic N) is 2. The molecule has 2 heterocycles. The van der Waals surface area contributed by atoms with E-state index >= 15 is 0 Å². The summed E-state index contributed by atoms with van der Waals surface area (Å²) in [6.07, 6.45) is -0.447. The number of methoxy groups -OCH3 is 1. The Morgan fingerprint density at radius 1 is 1.57 bits per heavy atom. The molecule has 1 aliphatic rings. The summed E-state index contributed by atoms with van der Waals surface area (Å²) >= 11 is 1.60. The van der Waals surface area contributed by atoms with Crippen LogP contribution in [0.2, 0.25) is 0 Å². The molecule has 1 fully saturated rings. The molecular weight excluding hydrogens is 290 g/mol. The average molecular weight is 307 g/mol. The van der Waals surface area contributed by atoms with E-state index in [1.807, 2.05) is 18.2 Å². The molecule has 3 rings (SSSR count). The van der Waals surface area contributed by atoms with Gasteiger partial charge in [0.2, 0.25) is 0 Å². The highest BCUT2D eigenvalue weighted by Crippen LogP contribution is 2.34. The van der Waals surface area contributed by atoms with Crippen molar-refractivity contribution in [3.63, 3.8) is 0 Å². The number of amides is 1. The van der Waals surface area contributed by atoms with Gasteiger partial charge in [0.15, 0.2) is 11.2 Å². The monoisotopic (exact) mass is 307 g/mol. The van der Waals surface area contributed by atoms with Crippen LogP contribution < -0.4 is 15.0 Å². The van der Waals surface area contributed by atoms with Gasteiger partial charge in [-0.1, -0.05) is 17.4 Å². The van der Waals surface area contributed by atoms with E-state index in [0.717, 1.165) is 27.6 Å². The maximum Gasteiger partial charge on any atom is 0.250 e. The molecule has 2 aromatic rings. The van der Waals surface area contributed by atoms with Gasteiger partial charge in [-0.05, 0) is 12.1 Å². The van der Waals surface area contributed by atoms with Crippen molar-refractivity contribution in [3.05, 3.63) is 18.2 Å². The summed E-state index contributed by atoms with van der Waals surface area (Å²) in [5, 5.41) is 3.52. The number of aromatic nitrogens is 1. The van der Waals surface area contributed by atoms with Crippen LogP contribution in [0.25, 0.3) is 10.2 Å². The summed E-state index contributed by atoms with van der Waals surface area (Å²) in [7, 11) is 3.26. The molecule has 1 amide bonds. The van der Waals surface area contributed by atoms with Gasteiger partial charge in [0.1, 0.15) is 11.3 Å². The SMILES string of the molecule is CNC(=O)C1CN(c2nc3c(OC)cccc3s2)CCO1. The maximum atomic E-state index is 11.7. The first-order chi connectivity index (χ1) is 10.2. The highest BCUT2D eigenvalue weighted by atomic mass is 32.1. The maximum absolute atomic E-state index is 11.7. The molecule has 1 unspecified atom stereocenters. The van der Waals surface area contributed by atoms with Crippen molar-refractivity contribution in [2.24, 2.45) is 0 Å². The van der Waals surface area contributed by atoms with Crippen molar-refractivity contribution < 1.29 is 14.3 Å². The lowest BCUT2D eigenvalue weighted by molar-refractivity contribution is -0.132. The van der Waals surface area contributed by atoms with Gasteiger partial charge in [-0.15, -0.1) is 0 Å². The molecule has 1 N–H and O–H groups in total. The summed E-state index contributed by atoms with van der Waals surface area (Å²) in [6.45, 7) is 1.77. The van der Waals surface area contributed by atoms with Crippen molar-refractivity contribution in [1.82, 2.24) is 10.3 Å². The van der Waals surface area contributed by atoms with E-state index in [9.17, 15) is 4.79 Å². The highest BCUT2D eigenvalue weighted by Gasteiger charge is 2.27. The largest absolute Gasteiger partial charge is 0.494 e. The number of thiazole rings is 1. The molecule has 7 heteroatoms. The van der Waals surface area contributed by atoms with Gasteiger partial charge in [-0.3, -0.25) is 4.79 Å². The van der Waals surface area contributed by atoms with E-state index in [0.29, 0.717) is 13.2 Å². The summed E-state index contributed by atoms with van der Waals surface area (Å²) in [5.41, 5.74) is 0.864. The number of hydrogen-bond acceptors (Lipinski definition) is 6. The zero-order valence-corrected chi connectivity index (χ0v) is 12.8. The van der Waals surface area contributed by atoms with Gasteiger partial charge in [-0.25, -0.2) is 4.98 Å². The fourth-order valence-electron chi connectivity index (χ4n) is 2.35. The molecule has 0 saturated carbocycles. The van der Waals surface area contributed by atoms with Crippen LogP contribution in [0.1, 0.15) is 0 Å². The van der Waals surface area contributed by atoms with E-state index in [2.05, 4.69) is 15.2 Å². The minimum absolute atomic E-state index is 0.0987. The Hall–Kier alpha value is -1.86. The van der Waals surface area contributed by atoms with E-state index in [-0.39, 0.29) is 5.91 Å². The normalized spacial score (nSPS) is 18.8. The Kier molecular flexibility index (Phi) is 3.94. The number of rotatable bonds is 3. The van der Waals surface area contributed by atoms with Crippen molar-refractivity contribution in [3.8, 4) is 5.75 Å². The number of carbonyl (C=O) groups excluding carboxylic acids is 1. The number of ether oxygens (including phenoxy) is 2. The highest BCUT2D eigenvalue weighted by molar-refractivity contribution is 7.22. The molecule has 0 radical (unpaired) electrons. The number of likely N-dealkylation sites (N-methyl/N-ethyl adjacent to an activating group) is 1.